The molecule has 0 aliphatic heterocycles. The van der Waals surface area contributed by atoms with E-state index in [9.17, 15) is 9.59 Å². The minimum atomic E-state index is -0.744. The fourth-order valence-corrected chi connectivity index (χ4v) is 3.21. The van der Waals surface area contributed by atoms with E-state index in [4.69, 9.17) is 9.47 Å². The van der Waals surface area contributed by atoms with E-state index in [1.807, 2.05) is 48.5 Å². The van der Waals surface area contributed by atoms with E-state index < -0.39 is 22.8 Å². The van der Waals surface area contributed by atoms with Gasteiger partial charge in [-0.25, -0.2) is 0 Å². The zero-order chi connectivity index (χ0) is 27.7. The molecule has 0 saturated carbocycles. The molecule has 0 amide bonds. The molecule has 0 radical (unpaired) electrons. The number of hydrogen-bond acceptors (Lipinski definition) is 4. The fourth-order valence-electron chi connectivity index (χ4n) is 3.21. The van der Waals surface area contributed by atoms with E-state index in [2.05, 4.69) is 41.5 Å². The van der Waals surface area contributed by atoms with E-state index in [1.165, 1.54) is 0 Å². The molecule has 196 valence electrons. The Morgan fingerprint density at radius 1 is 0.472 bits per heavy atom. The van der Waals surface area contributed by atoms with Crippen LogP contribution in [0.3, 0.4) is 0 Å². The van der Waals surface area contributed by atoms with E-state index in [1.54, 1.807) is 41.5 Å². The van der Waals surface area contributed by atoms with Crippen LogP contribution in [0.5, 0.6) is 0 Å². The summed E-state index contributed by atoms with van der Waals surface area (Å²) in [6, 6.07) is 15.7. The molecule has 0 aliphatic rings. The summed E-state index contributed by atoms with van der Waals surface area (Å²) in [5.41, 5.74) is 2.07. The monoisotopic (exact) mass is 492 g/mol. The summed E-state index contributed by atoms with van der Waals surface area (Å²) in [4.78, 5) is 26.2. The molecule has 0 heterocycles. The Hall–Kier alpha value is -2.88. The second-order valence-electron chi connectivity index (χ2n) is 13.6. The molecule has 2 aromatic rings. The molecule has 0 aliphatic carbocycles. The third kappa shape index (κ3) is 7.56. The summed E-state index contributed by atoms with van der Waals surface area (Å²) in [5, 5.41) is 0. The zero-order valence-electron chi connectivity index (χ0n) is 24.3. The number of carbonyl (C=O) groups excluding carboxylic acids is 2. The molecular formula is C32H44O4. The Balaban J connectivity index is 2.81. The Kier molecular flexibility index (Phi) is 8.35. The Bertz CT molecular complexity index is 1010. The standard InChI is InChI=1S/C32H44O4/c1-29(2,3)23-17-13-21(14-18-23)25(35-27(33)31(7,8)9)26(36-28(34)32(10,11)12)22-15-19-24(20-16-22)30(4,5)6/h13-20H,1-12H3. The van der Waals surface area contributed by atoms with Crippen LogP contribution >= 0.6 is 0 Å². The van der Waals surface area contributed by atoms with Crippen molar-refractivity contribution < 1.29 is 19.1 Å². The second kappa shape index (κ2) is 10.2. The predicted octanol–water partition coefficient (Wildman–Crippen LogP) is 8.29. The highest BCUT2D eigenvalue weighted by Gasteiger charge is 2.31. The number of rotatable bonds is 4. The van der Waals surface area contributed by atoms with Gasteiger partial charge in [0.1, 0.15) is 0 Å². The van der Waals surface area contributed by atoms with Crippen LogP contribution in [-0.2, 0) is 29.9 Å². The maximum atomic E-state index is 13.1. The molecule has 4 nitrogen and oxygen atoms in total. The van der Waals surface area contributed by atoms with Crippen molar-refractivity contribution >= 4 is 23.5 Å². The Labute approximate surface area is 218 Å². The first-order chi connectivity index (χ1) is 16.2. The molecule has 0 N–H and O–H groups in total. The minimum absolute atomic E-state index is 0.0329. The van der Waals surface area contributed by atoms with Crippen LogP contribution in [0.25, 0.3) is 11.5 Å². The van der Waals surface area contributed by atoms with E-state index in [0.29, 0.717) is 11.1 Å². The minimum Gasteiger partial charge on any atom is -0.421 e. The number of ether oxygens (including phenoxy) is 2. The summed E-state index contributed by atoms with van der Waals surface area (Å²) in [7, 11) is 0. The lowest BCUT2D eigenvalue weighted by Gasteiger charge is -2.24. The molecule has 4 heteroatoms. The van der Waals surface area contributed by atoms with Gasteiger partial charge in [0.2, 0.25) is 0 Å². The molecule has 0 saturated heterocycles. The van der Waals surface area contributed by atoms with Crippen molar-refractivity contribution in [1.29, 1.82) is 0 Å². The van der Waals surface area contributed by atoms with E-state index in [-0.39, 0.29) is 22.3 Å². The van der Waals surface area contributed by atoms with Gasteiger partial charge in [0.05, 0.1) is 10.8 Å². The van der Waals surface area contributed by atoms with Crippen LogP contribution in [0.4, 0.5) is 0 Å². The topological polar surface area (TPSA) is 52.6 Å². The smallest absolute Gasteiger partial charge is 0.316 e. The summed E-state index contributed by atoms with van der Waals surface area (Å²) in [5.74, 6) is -0.353. The van der Waals surface area contributed by atoms with Crippen LogP contribution in [0.15, 0.2) is 48.5 Å². The molecule has 0 fully saturated rings. The van der Waals surface area contributed by atoms with Crippen molar-refractivity contribution in [2.45, 2.75) is 93.9 Å². The number of hydrogen-bond donors (Lipinski definition) is 0. The van der Waals surface area contributed by atoms with Crippen molar-refractivity contribution in [1.82, 2.24) is 0 Å². The maximum Gasteiger partial charge on any atom is 0.316 e. The zero-order valence-corrected chi connectivity index (χ0v) is 24.3. The van der Waals surface area contributed by atoms with Gasteiger partial charge in [-0.1, -0.05) is 90.1 Å². The van der Waals surface area contributed by atoms with Gasteiger partial charge in [-0.15, -0.1) is 0 Å². The molecular weight excluding hydrogens is 448 g/mol. The highest BCUT2D eigenvalue weighted by Crippen LogP contribution is 2.35. The van der Waals surface area contributed by atoms with Crippen LogP contribution in [-0.4, -0.2) is 11.9 Å². The molecule has 0 aromatic heterocycles. The van der Waals surface area contributed by atoms with Crippen LogP contribution in [0.1, 0.15) is 105 Å². The lowest BCUT2D eigenvalue weighted by atomic mass is 9.86. The molecule has 0 atom stereocenters. The molecule has 2 rings (SSSR count). The van der Waals surface area contributed by atoms with Crippen molar-refractivity contribution in [3.63, 3.8) is 0 Å². The SMILES string of the molecule is CC(C)(C)C(=O)OC(=C(OC(=O)C(C)(C)C)c1ccc(C(C)(C)C)cc1)c1ccc(C(C)(C)C)cc1. The summed E-state index contributed by atoms with van der Waals surface area (Å²) < 4.78 is 12.0. The van der Waals surface area contributed by atoms with Crippen molar-refractivity contribution in [2.24, 2.45) is 10.8 Å². The molecule has 36 heavy (non-hydrogen) atoms. The quantitative estimate of drug-likeness (QED) is 0.245. The van der Waals surface area contributed by atoms with Gasteiger partial charge in [0.25, 0.3) is 0 Å². The van der Waals surface area contributed by atoms with E-state index >= 15 is 0 Å². The number of carbonyl (C=O) groups is 2. The van der Waals surface area contributed by atoms with Gasteiger partial charge >= 0.3 is 11.9 Å². The van der Waals surface area contributed by atoms with Gasteiger partial charge in [0, 0.05) is 11.1 Å². The Morgan fingerprint density at radius 2 is 0.722 bits per heavy atom. The average molecular weight is 493 g/mol. The van der Waals surface area contributed by atoms with Crippen molar-refractivity contribution in [3.05, 3.63) is 70.8 Å². The lowest BCUT2D eigenvalue weighted by Crippen LogP contribution is -2.25. The summed E-state index contributed by atoms with van der Waals surface area (Å²) >= 11 is 0. The number of esters is 2. The largest absolute Gasteiger partial charge is 0.421 e. The third-order valence-corrected chi connectivity index (χ3v) is 5.85. The van der Waals surface area contributed by atoms with Crippen LogP contribution in [0, 0.1) is 10.8 Å². The lowest BCUT2D eigenvalue weighted by molar-refractivity contribution is -0.147. The molecule has 0 bridgehead atoms. The van der Waals surface area contributed by atoms with Gasteiger partial charge < -0.3 is 9.47 Å². The third-order valence-electron chi connectivity index (χ3n) is 5.85. The highest BCUT2D eigenvalue weighted by atomic mass is 16.6. The van der Waals surface area contributed by atoms with Gasteiger partial charge in [-0.05, 0) is 63.5 Å². The maximum absolute atomic E-state index is 13.1. The van der Waals surface area contributed by atoms with Crippen LogP contribution in [0.2, 0.25) is 0 Å². The second-order valence-corrected chi connectivity index (χ2v) is 13.6. The Morgan fingerprint density at radius 3 is 0.917 bits per heavy atom. The number of benzene rings is 2. The van der Waals surface area contributed by atoms with Gasteiger partial charge in [-0.2, -0.15) is 0 Å². The first-order valence-corrected chi connectivity index (χ1v) is 12.6. The summed E-state index contributed by atoms with van der Waals surface area (Å²) in [6.45, 7) is 23.7. The fraction of sp³-hybridized carbons (Fsp3) is 0.500. The van der Waals surface area contributed by atoms with E-state index in [0.717, 1.165) is 11.1 Å². The normalized spacial score (nSPS) is 13.7. The molecule has 2 aromatic carbocycles. The van der Waals surface area contributed by atoms with Gasteiger partial charge in [0.15, 0.2) is 11.5 Å². The first-order valence-electron chi connectivity index (χ1n) is 12.6. The summed E-state index contributed by atoms with van der Waals surface area (Å²) in [6.07, 6.45) is 0. The molecule has 0 unspecified atom stereocenters. The van der Waals surface area contributed by atoms with Gasteiger partial charge in [-0.3, -0.25) is 9.59 Å². The highest BCUT2D eigenvalue weighted by molar-refractivity contribution is 5.94. The first kappa shape index (κ1) is 29.4. The molecule has 0 spiro atoms. The van der Waals surface area contributed by atoms with Crippen molar-refractivity contribution in [3.8, 4) is 0 Å². The predicted molar refractivity (Wildman–Crippen MR) is 148 cm³/mol. The van der Waals surface area contributed by atoms with Crippen LogP contribution < -0.4 is 0 Å². The average Bonchev–Trinajstić information content (AvgIpc) is 2.73. The van der Waals surface area contributed by atoms with Crippen molar-refractivity contribution in [2.75, 3.05) is 0 Å².